The third-order valence-electron chi connectivity index (χ3n) is 0.993. The molecule has 0 aliphatic carbocycles. The lowest BCUT2D eigenvalue weighted by Gasteiger charge is -2.07. The van der Waals surface area contributed by atoms with Gasteiger partial charge >= 0.3 is 0 Å². The summed E-state index contributed by atoms with van der Waals surface area (Å²) in [7, 11) is 0. The maximum Gasteiger partial charge on any atom is 0.217 e. The Labute approximate surface area is 65.6 Å². The summed E-state index contributed by atoms with van der Waals surface area (Å²) in [5.41, 5.74) is 0. The highest BCUT2D eigenvalue weighted by Crippen LogP contribution is 1.89. The summed E-state index contributed by atoms with van der Waals surface area (Å²) in [5, 5.41) is 2.47. The summed E-state index contributed by atoms with van der Waals surface area (Å²) < 4.78 is 0. The first-order valence-corrected chi connectivity index (χ1v) is 3.67. The summed E-state index contributed by atoms with van der Waals surface area (Å²) in [6.45, 7) is 1.38. The highest BCUT2D eigenvalue weighted by Gasteiger charge is 2.05. The molecule has 0 bridgehead atoms. The van der Waals surface area contributed by atoms with Crippen molar-refractivity contribution in [1.82, 2.24) is 5.32 Å². The maximum atomic E-state index is 10.4. The van der Waals surface area contributed by atoms with Crippen LogP contribution in [0, 0.1) is 0 Å². The molecule has 1 atom stereocenters. The minimum Gasteiger partial charge on any atom is -0.347 e. The van der Waals surface area contributed by atoms with Crippen LogP contribution in [0.3, 0.4) is 0 Å². The number of aldehydes is 1. The number of nitrogens with one attached hydrogen (secondary N) is 1. The zero-order valence-electron chi connectivity index (χ0n) is 5.83. The van der Waals surface area contributed by atoms with Gasteiger partial charge in [-0.1, -0.05) is 0 Å². The molecule has 0 aliphatic heterocycles. The summed E-state index contributed by atoms with van der Waals surface area (Å²) in [6.07, 6.45) is 1.31. The van der Waals surface area contributed by atoms with Crippen molar-refractivity contribution >= 4 is 24.8 Å². The van der Waals surface area contributed by atoms with Crippen molar-refractivity contribution in [1.29, 1.82) is 0 Å². The van der Waals surface area contributed by atoms with Crippen LogP contribution in [0.25, 0.3) is 0 Å². The minimum absolute atomic E-state index is 0.182. The lowest BCUT2D eigenvalue weighted by atomic mass is 10.2. The second kappa shape index (κ2) is 5.29. The van der Waals surface area contributed by atoms with E-state index in [1.807, 2.05) is 0 Å². The van der Waals surface area contributed by atoms with E-state index in [9.17, 15) is 9.59 Å². The molecule has 1 N–H and O–H groups in total. The molecule has 0 saturated carbocycles. The van der Waals surface area contributed by atoms with Gasteiger partial charge in [0.05, 0.1) is 6.04 Å². The van der Waals surface area contributed by atoms with Crippen LogP contribution in [-0.4, -0.2) is 24.0 Å². The van der Waals surface area contributed by atoms with Gasteiger partial charge in [0.25, 0.3) is 0 Å². The first-order valence-electron chi connectivity index (χ1n) is 3.04. The van der Waals surface area contributed by atoms with E-state index in [0.717, 1.165) is 6.29 Å². The van der Waals surface area contributed by atoms with E-state index in [1.165, 1.54) is 6.92 Å². The zero-order chi connectivity index (χ0) is 7.98. The Kier molecular flexibility index (Phi) is 5.02. The van der Waals surface area contributed by atoms with Crippen molar-refractivity contribution in [2.45, 2.75) is 19.4 Å². The van der Waals surface area contributed by atoms with Crippen LogP contribution < -0.4 is 5.32 Å². The van der Waals surface area contributed by atoms with Gasteiger partial charge in [-0.05, 0) is 12.2 Å². The predicted octanol–water partition coefficient (Wildman–Crippen LogP) is 0.00990. The van der Waals surface area contributed by atoms with E-state index < -0.39 is 0 Å². The van der Waals surface area contributed by atoms with Crippen LogP contribution in [-0.2, 0) is 9.59 Å². The van der Waals surface area contributed by atoms with Gasteiger partial charge in [0.1, 0.15) is 6.29 Å². The Morgan fingerprint density at radius 1 is 1.80 bits per heavy atom. The molecule has 0 radical (unpaired) electrons. The molecular weight excluding hydrogens is 150 g/mol. The van der Waals surface area contributed by atoms with Gasteiger partial charge in [0.2, 0.25) is 5.91 Å². The molecule has 0 fully saturated rings. The van der Waals surface area contributed by atoms with Gasteiger partial charge in [-0.25, -0.2) is 0 Å². The third kappa shape index (κ3) is 4.38. The summed E-state index contributed by atoms with van der Waals surface area (Å²) >= 11 is 3.93. The van der Waals surface area contributed by atoms with Gasteiger partial charge in [-0.3, -0.25) is 4.79 Å². The molecule has 0 aromatic heterocycles. The van der Waals surface area contributed by atoms with Gasteiger partial charge in [-0.15, -0.1) is 0 Å². The molecule has 1 amide bonds. The minimum atomic E-state index is -0.366. The number of rotatable bonds is 4. The number of hydrogen-bond donors (Lipinski definition) is 2. The van der Waals surface area contributed by atoms with Crippen molar-refractivity contribution in [3.63, 3.8) is 0 Å². The second-order valence-electron chi connectivity index (χ2n) is 1.96. The number of carbonyl (C=O) groups excluding carboxylic acids is 2. The molecule has 58 valence electrons. The predicted molar refractivity (Wildman–Crippen MR) is 42.1 cm³/mol. The van der Waals surface area contributed by atoms with Gasteiger partial charge in [-0.2, -0.15) is 12.6 Å². The fraction of sp³-hybridized carbons (Fsp3) is 0.667. The quantitative estimate of drug-likeness (QED) is 0.450. The SMILES string of the molecule is CC(=O)NC(C=O)CCS. The lowest BCUT2D eigenvalue weighted by Crippen LogP contribution is -2.34. The summed E-state index contributed by atoms with van der Waals surface area (Å²) in [4.78, 5) is 20.6. The van der Waals surface area contributed by atoms with Crippen LogP contribution in [0.1, 0.15) is 13.3 Å². The van der Waals surface area contributed by atoms with E-state index in [0.29, 0.717) is 12.2 Å². The van der Waals surface area contributed by atoms with Crippen LogP contribution >= 0.6 is 12.6 Å². The molecule has 0 saturated heterocycles. The number of hydrogen-bond acceptors (Lipinski definition) is 3. The van der Waals surface area contributed by atoms with E-state index in [4.69, 9.17) is 0 Å². The van der Waals surface area contributed by atoms with Crippen LogP contribution in [0.2, 0.25) is 0 Å². The first-order chi connectivity index (χ1) is 4.70. The molecule has 0 heterocycles. The smallest absolute Gasteiger partial charge is 0.217 e. The van der Waals surface area contributed by atoms with Gasteiger partial charge in [0.15, 0.2) is 0 Å². The van der Waals surface area contributed by atoms with E-state index >= 15 is 0 Å². The number of carbonyl (C=O) groups is 2. The van der Waals surface area contributed by atoms with Crippen molar-refractivity contribution in [2.24, 2.45) is 0 Å². The highest BCUT2D eigenvalue weighted by molar-refractivity contribution is 7.80. The molecule has 0 rings (SSSR count). The first kappa shape index (κ1) is 9.49. The third-order valence-corrected chi connectivity index (χ3v) is 1.25. The van der Waals surface area contributed by atoms with Gasteiger partial charge < -0.3 is 10.1 Å². The Morgan fingerprint density at radius 2 is 2.40 bits per heavy atom. The maximum absolute atomic E-state index is 10.4. The fourth-order valence-corrected chi connectivity index (χ4v) is 0.853. The topological polar surface area (TPSA) is 46.2 Å². The van der Waals surface area contributed by atoms with Crippen LogP contribution in [0.4, 0.5) is 0 Å². The molecule has 3 nitrogen and oxygen atoms in total. The standard InChI is InChI=1S/C6H11NO2S/c1-5(9)7-6(4-8)2-3-10/h4,6,10H,2-3H2,1H3,(H,7,9). The second-order valence-corrected chi connectivity index (χ2v) is 2.40. The molecule has 1 unspecified atom stereocenters. The zero-order valence-corrected chi connectivity index (χ0v) is 6.73. The van der Waals surface area contributed by atoms with Gasteiger partial charge in [0, 0.05) is 6.92 Å². The molecule has 0 aromatic carbocycles. The average Bonchev–Trinajstić information content (AvgIpc) is 1.86. The molecular formula is C6H11NO2S. The van der Waals surface area contributed by atoms with Crippen molar-refractivity contribution in [3.05, 3.63) is 0 Å². The largest absolute Gasteiger partial charge is 0.347 e. The Morgan fingerprint density at radius 3 is 2.70 bits per heavy atom. The lowest BCUT2D eigenvalue weighted by molar-refractivity contribution is -0.122. The normalized spacial score (nSPS) is 12.2. The van der Waals surface area contributed by atoms with Crippen LogP contribution in [0.15, 0.2) is 0 Å². The number of amides is 1. The molecule has 0 aliphatic rings. The van der Waals surface area contributed by atoms with E-state index in [-0.39, 0.29) is 11.9 Å². The highest BCUT2D eigenvalue weighted by atomic mass is 32.1. The van der Waals surface area contributed by atoms with Crippen molar-refractivity contribution in [3.8, 4) is 0 Å². The fourth-order valence-electron chi connectivity index (χ4n) is 0.574. The average molecular weight is 161 g/mol. The Bertz CT molecular complexity index is 127. The van der Waals surface area contributed by atoms with Crippen molar-refractivity contribution < 1.29 is 9.59 Å². The number of thiol groups is 1. The Balaban J connectivity index is 3.59. The summed E-state index contributed by atoms with van der Waals surface area (Å²) in [5.74, 6) is 0.419. The van der Waals surface area contributed by atoms with E-state index in [1.54, 1.807) is 0 Å². The van der Waals surface area contributed by atoms with E-state index in [2.05, 4.69) is 17.9 Å². The molecule has 4 heteroatoms. The summed E-state index contributed by atoms with van der Waals surface area (Å²) in [6, 6.07) is -0.366. The van der Waals surface area contributed by atoms with Crippen molar-refractivity contribution in [2.75, 3.05) is 5.75 Å². The molecule has 0 aromatic rings. The molecule has 10 heavy (non-hydrogen) atoms. The monoisotopic (exact) mass is 161 g/mol. The molecule has 0 spiro atoms. The van der Waals surface area contributed by atoms with Crippen LogP contribution in [0.5, 0.6) is 0 Å². The Hall–Kier alpha value is -0.510.